The molecule has 0 saturated carbocycles. The maximum absolute atomic E-state index is 12.7. The molecule has 1 aromatic carbocycles. The average molecular weight is 396 g/mol. The van der Waals surface area contributed by atoms with Crippen LogP contribution >= 0.6 is 11.3 Å². The fraction of sp³-hybridized carbons (Fsp3) is 0.455. The molecular formula is C22H27N4OS+. The van der Waals surface area contributed by atoms with Crippen LogP contribution in [0.2, 0.25) is 0 Å². The van der Waals surface area contributed by atoms with Gasteiger partial charge in [-0.1, -0.05) is 12.1 Å². The van der Waals surface area contributed by atoms with Crippen molar-refractivity contribution in [3.05, 3.63) is 55.9 Å². The zero-order valence-electron chi connectivity index (χ0n) is 16.6. The molecule has 0 atom stereocenters. The van der Waals surface area contributed by atoms with Crippen LogP contribution in [0.25, 0.3) is 10.2 Å². The standard InChI is InChI=1S/C22H26N4OS/c1-14-5-3-7-17(15(14)2)26-11-9-25(10-12-26)13-19-23-21(27)20-16-6-4-8-18(16)28-22(20)24-19/h3,5,7H,4,6,8-13H2,1-2H3,(H,23,24,27)/p+1. The highest BCUT2D eigenvalue weighted by Crippen LogP contribution is 2.34. The molecule has 6 heteroatoms. The van der Waals surface area contributed by atoms with Crippen LogP contribution in [0.1, 0.15) is 33.8 Å². The number of H-pyrrole nitrogens is 1. The van der Waals surface area contributed by atoms with E-state index < -0.39 is 0 Å². The minimum absolute atomic E-state index is 0.0628. The number of thiophene rings is 1. The molecule has 0 radical (unpaired) electrons. The molecule has 2 aliphatic rings. The van der Waals surface area contributed by atoms with Crippen molar-refractivity contribution in [1.29, 1.82) is 0 Å². The Balaban J connectivity index is 1.30. The van der Waals surface area contributed by atoms with Crippen LogP contribution in [-0.2, 0) is 19.4 Å². The summed E-state index contributed by atoms with van der Waals surface area (Å²) in [5, 5.41) is 0.857. The summed E-state index contributed by atoms with van der Waals surface area (Å²) < 4.78 is 0. The molecule has 2 aromatic heterocycles. The maximum Gasteiger partial charge on any atom is 0.260 e. The summed E-state index contributed by atoms with van der Waals surface area (Å²) in [6.45, 7) is 9.41. The molecule has 0 bridgehead atoms. The van der Waals surface area contributed by atoms with Crippen molar-refractivity contribution in [3.8, 4) is 0 Å². The van der Waals surface area contributed by atoms with E-state index in [1.807, 2.05) is 0 Å². The second-order valence-corrected chi connectivity index (χ2v) is 9.27. The van der Waals surface area contributed by atoms with E-state index in [1.165, 1.54) is 38.6 Å². The van der Waals surface area contributed by atoms with Gasteiger partial charge in [-0.25, -0.2) is 4.98 Å². The van der Waals surface area contributed by atoms with Crippen LogP contribution in [-0.4, -0.2) is 36.1 Å². The van der Waals surface area contributed by atoms with E-state index in [9.17, 15) is 4.79 Å². The third-order valence-corrected chi connectivity index (χ3v) is 7.61. The summed E-state index contributed by atoms with van der Waals surface area (Å²) in [5.41, 5.74) is 5.42. The minimum atomic E-state index is 0.0628. The number of hydrogen-bond acceptors (Lipinski definition) is 4. The number of piperazine rings is 1. The van der Waals surface area contributed by atoms with Gasteiger partial charge in [-0.3, -0.25) is 4.79 Å². The number of nitrogens with one attached hydrogen (secondary N) is 2. The molecule has 0 amide bonds. The molecule has 1 aliphatic heterocycles. The second-order valence-electron chi connectivity index (χ2n) is 8.18. The van der Waals surface area contributed by atoms with Crippen molar-refractivity contribution in [2.75, 3.05) is 31.1 Å². The summed E-state index contributed by atoms with van der Waals surface area (Å²) in [7, 11) is 0. The van der Waals surface area contributed by atoms with Crippen LogP contribution in [0.15, 0.2) is 23.0 Å². The zero-order valence-corrected chi connectivity index (χ0v) is 17.4. The van der Waals surface area contributed by atoms with Crippen LogP contribution in [0, 0.1) is 13.8 Å². The lowest BCUT2D eigenvalue weighted by molar-refractivity contribution is -0.915. The topological polar surface area (TPSA) is 53.4 Å². The highest BCUT2D eigenvalue weighted by atomic mass is 32.1. The van der Waals surface area contributed by atoms with Gasteiger partial charge in [-0.05, 0) is 55.9 Å². The van der Waals surface area contributed by atoms with Crippen molar-refractivity contribution in [2.24, 2.45) is 0 Å². The smallest absolute Gasteiger partial charge is 0.260 e. The zero-order chi connectivity index (χ0) is 19.3. The van der Waals surface area contributed by atoms with Crippen LogP contribution in [0.3, 0.4) is 0 Å². The van der Waals surface area contributed by atoms with Gasteiger partial charge < -0.3 is 14.8 Å². The Hall–Kier alpha value is -2.18. The molecule has 3 heterocycles. The number of nitrogens with zero attached hydrogens (tertiary/aromatic N) is 2. The van der Waals surface area contributed by atoms with Gasteiger partial charge in [0.05, 0.1) is 31.6 Å². The lowest BCUT2D eigenvalue weighted by Crippen LogP contribution is -3.13. The van der Waals surface area contributed by atoms with Crippen molar-refractivity contribution in [3.63, 3.8) is 0 Å². The highest BCUT2D eigenvalue weighted by Gasteiger charge is 2.24. The van der Waals surface area contributed by atoms with Crippen LogP contribution < -0.4 is 15.4 Å². The Morgan fingerprint density at radius 1 is 1.21 bits per heavy atom. The van der Waals surface area contributed by atoms with Crippen LogP contribution in [0.5, 0.6) is 0 Å². The number of aryl methyl sites for hydroxylation is 3. The Bertz CT molecular complexity index is 1090. The molecule has 1 aliphatic carbocycles. The number of hydrogen-bond donors (Lipinski definition) is 2. The number of rotatable bonds is 3. The summed E-state index contributed by atoms with van der Waals surface area (Å²) in [4.78, 5) is 26.9. The summed E-state index contributed by atoms with van der Waals surface area (Å²) in [6.07, 6.45) is 3.31. The predicted molar refractivity (Wildman–Crippen MR) is 115 cm³/mol. The molecule has 2 N–H and O–H groups in total. The number of anilines is 1. The number of benzene rings is 1. The van der Waals surface area contributed by atoms with Crippen molar-refractivity contribution >= 4 is 27.2 Å². The summed E-state index contributed by atoms with van der Waals surface area (Å²) in [6, 6.07) is 6.56. The third kappa shape index (κ3) is 3.05. The fourth-order valence-corrected chi connectivity index (χ4v) is 5.97. The second kappa shape index (κ2) is 7.01. The molecule has 5 nitrogen and oxygen atoms in total. The first-order valence-corrected chi connectivity index (χ1v) is 11.1. The Labute approximate surface area is 169 Å². The molecular weight excluding hydrogens is 368 g/mol. The van der Waals surface area contributed by atoms with Crippen molar-refractivity contribution in [2.45, 2.75) is 39.7 Å². The molecule has 5 rings (SSSR count). The minimum Gasteiger partial charge on any atom is -0.360 e. The van der Waals surface area contributed by atoms with Gasteiger partial charge in [0.25, 0.3) is 5.56 Å². The lowest BCUT2D eigenvalue weighted by Gasteiger charge is -2.34. The van der Waals surface area contributed by atoms with E-state index in [-0.39, 0.29) is 5.56 Å². The number of fused-ring (bicyclic) bond motifs is 3. The Morgan fingerprint density at radius 3 is 2.86 bits per heavy atom. The number of quaternary nitrogens is 1. The normalized spacial score (nSPS) is 17.4. The molecule has 146 valence electrons. The molecule has 28 heavy (non-hydrogen) atoms. The predicted octanol–water partition coefficient (Wildman–Crippen LogP) is 2.00. The van der Waals surface area contributed by atoms with Gasteiger partial charge in [0, 0.05) is 10.6 Å². The molecule has 0 unspecified atom stereocenters. The van der Waals surface area contributed by atoms with Gasteiger partial charge in [0.2, 0.25) is 0 Å². The average Bonchev–Trinajstić information content (AvgIpc) is 3.25. The van der Waals surface area contributed by atoms with Gasteiger partial charge in [-0.15, -0.1) is 11.3 Å². The van der Waals surface area contributed by atoms with Crippen LogP contribution in [0.4, 0.5) is 5.69 Å². The van der Waals surface area contributed by atoms with E-state index >= 15 is 0 Å². The van der Waals surface area contributed by atoms with E-state index in [0.717, 1.165) is 61.6 Å². The molecule has 1 saturated heterocycles. The number of aromatic amines is 1. The first kappa shape index (κ1) is 17.9. The van der Waals surface area contributed by atoms with Gasteiger partial charge >= 0.3 is 0 Å². The Morgan fingerprint density at radius 2 is 2.04 bits per heavy atom. The van der Waals surface area contributed by atoms with E-state index in [4.69, 9.17) is 4.98 Å². The molecule has 3 aromatic rings. The van der Waals surface area contributed by atoms with E-state index in [1.54, 1.807) is 11.3 Å². The fourth-order valence-electron chi connectivity index (χ4n) is 4.69. The number of aromatic nitrogens is 2. The quantitative estimate of drug-likeness (QED) is 0.713. The molecule has 1 fully saturated rings. The monoisotopic (exact) mass is 395 g/mol. The van der Waals surface area contributed by atoms with Gasteiger partial charge in [0.1, 0.15) is 11.4 Å². The van der Waals surface area contributed by atoms with E-state index in [0.29, 0.717) is 0 Å². The molecule has 0 spiro atoms. The van der Waals surface area contributed by atoms with Gasteiger partial charge in [0.15, 0.2) is 5.82 Å². The first-order chi connectivity index (χ1) is 13.6. The lowest BCUT2D eigenvalue weighted by atomic mass is 10.1. The summed E-state index contributed by atoms with van der Waals surface area (Å²) in [5.74, 6) is 0.840. The summed E-state index contributed by atoms with van der Waals surface area (Å²) >= 11 is 1.73. The van der Waals surface area contributed by atoms with Gasteiger partial charge in [-0.2, -0.15) is 0 Å². The van der Waals surface area contributed by atoms with Crippen molar-refractivity contribution < 1.29 is 4.90 Å². The third-order valence-electron chi connectivity index (χ3n) is 6.43. The SMILES string of the molecule is Cc1cccc(N2CC[NH+](Cc3nc4sc5c(c4c(=O)[nH]3)CCC5)CC2)c1C. The van der Waals surface area contributed by atoms with Crippen molar-refractivity contribution in [1.82, 2.24) is 9.97 Å². The highest BCUT2D eigenvalue weighted by molar-refractivity contribution is 7.18. The Kier molecular flexibility index (Phi) is 4.48. The first-order valence-electron chi connectivity index (χ1n) is 10.3. The van der Waals surface area contributed by atoms with E-state index in [2.05, 4.69) is 41.9 Å². The maximum atomic E-state index is 12.7. The largest absolute Gasteiger partial charge is 0.360 e.